The Morgan fingerprint density at radius 1 is 1.53 bits per heavy atom. The standard InChI is InChI=1S/C11H17Br2N3O/c1-4-11(6-12,7-13)15-10(17)9-5-14-16(3)8(9)2/h5H,4,6-7H2,1-3H3,(H,15,17). The number of halogens is 2. The Bertz CT molecular complexity index is 391. The number of rotatable bonds is 5. The van der Waals surface area contributed by atoms with Gasteiger partial charge < -0.3 is 5.32 Å². The zero-order valence-electron chi connectivity index (χ0n) is 10.3. The molecule has 0 aliphatic carbocycles. The van der Waals surface area contributed by atoms with E-state index in [1.54, 1.807) is 10.9 Å². The highest BCUT2D eigenvalue weighted by molar-refractivity contribution is 9.09. The average molecular weight is 367 g/mol. The van der Waals surface area contributed by atoms with Gasteiger partial charge in [0, 0.05) is 23.4 Å². The van der Waals surface area contributed by atoms with Crippen LogP contribution in [0, 0.1) is 6.92 Å². The Morgan fingerprint density at radius 3 is 2.47 bits per heavy atom. The number of carbonyl (C=O) groups excluding carboxylic acids is 1. The highest BCUT2D eigenvalue weighted by atomic mass is 79.9. The molecule has 0 bridgehead atoms. The third-order valence-electron chi connectivity index (χ3n) is 3.05. The van der Waals surface area contributed by atoms with Gasteiger partial charge in [-0.2, -0.15) is 5.10 Å². The fraction of sp³-hybridized carbons (Fsp3) is 0.636. The molecule has 0 atom stereocenters. The second-order valence-corrected chi connectivity index (χ2v) is 5.24. The van der Waals surface area contributed by atoms with Crippen molar-refractivity contribution in [3.8, 4) is 0 Å². The maximum atomic E-state index is 12.2. The smallest absolute Gasteiger partial charge is 0.255 e. The Labute approximate surface area is 118 Å². The first kappa shape index (κ1) is 14.7. The third kappa shape index (κ3) is 3.10. The zero-order valence-corrected chi connectivity index (χ0v) is 13.4. The number of alkyl halides is 2. The van der Waals surface area contributed by atoms with E-state index in [4.69, 9.17) is 0 Å². The molecule has 0 spiro atoms. The number of hydrogen-bond donors (Lipinski definition) is 1. The predicted octanol–water partition coefficient (Wildman–Crippen LogP) is 2.40. The predicted molar refractivity (Wildman–Crippen MR) is 76.0 cm³/mol. The van der Waals surface area contributed by atoms with Crippen LogP contribution in [0.3, 0.4) is 0 Å². The Kier molecular flexibility index (Phi) is 5.19. The summed E-state index contributed by atoms with van der Waals surface area (Å²) < 4.78 is 1.70. The molecule has 1 N–H and O–H groups in total. The summed E-state index contributed by atoms with van der Waals surface area (Å²) in [5.74, 6) is -0.0728. The monoisotopic (exact) mass is 365 g/mol. The van der Waals surface area contributed by atoms with Crippen molar-refractivity contribution >= 4 is 37.8 Å². The second-order valence-electron chi connectivity index (χ2n) is 4.12. The maximum absolute atomic E-state index is 12.2. The highest BCUT2D eigenvalue weighted by Gasteiger charge is 2.29. The first-order chi connectivity index (χ1) is 7.99. The number of amides is 1. The largest absolute Gasteiger partial charge is 0.345 e. The van der Waals surface area contributed by atoms with Crippen molar-refractivity contribution in [1.82, 2.24) is 15.1 Å². The van der Waals surface area contributed by atoms with Gasteiger partial charge in [0.05, 0.1) is 17.3 Å². The van der Waals surface area contributed by atoms with E-state index in [1.807, 2.05) is 14.0 Å². The topological polar surface area (TPSA) is 46.9 Å². The number of aryl methyl sites for hydroxylation is 1. The Hall–Kier alpha value is -0.360. The number of nitrogens with one attached hydrogen (secondary N) is 1. The van der Waals surface area contributed by atoms with E-state index in [0.717, 1.165) is 12.1 Å². The van der Waals surface area contributed by atoms with Crippen molar-refractivity contribution in [2.45, 2.75) is 25.8 Å². The lowest BCUT2D eigenvalue weighted by molar-refractivity contribution is 0.0914. The summed E-state index contributed by atoms with van der Waals surface area (Å²) in [4.78, 5) is 12.2. The molecule has 1 aromatic rings. The molecule has 96 valence electrons. The van der Waals surface area contributed by atoms with E-state index in [-0.39, 0.29) is 11.4 Å². The van der Waals surface area contributed by atoms with Gasteiger partial charge in [-0.05, 0) is 13.3 Å². The van der Waals surface area contributed by atoms with Crippen molar-refractivity contribution in [2.75, 3.05) is 10.7 Å². The molecule has 1 rings (SSSR count). The fourth-order valence-corrected chi connectivity index (χ4v) is 3.41. The van der Waals surface area contributed by atoms with Gasteiger partial charge in [-0.15, -0.1) is 0 Å². The van der Waals surface area contributed by atoms with Crippen molar-refractivity contribution in [1.29, 1.82) is 0 Å². The normalized spacial score (nSPS) is 11.6. The molecule has 6 heteroatoms. The van der Waals surface area contributed by atoms with E-state index in [2.05, 4.69) is 49.2 Å². The lowest BCUT2D eigenvalue weighted by Crippen LogP contribution is -2.51. The first-order valence-electron chi connectivity index (χ1n) is 5.42. The lowest BCUT2D eigenvalue weighted by atomic mass is 10.0. The van der Waals surface area contributed by atoms with Crippen LogP contribution >= 0.6 is 31.9 Å². The van der Waals surface area contributed by atoms with Gasteiger partial charge in [0.2, 0.25) is 0 Å². The highest BCUT2D eigenvalue weighted by Crippen LogP contribution is 2.18. The van der Waals surface area contributed by atoms with Crippen LogP contribution in [0.1, 0.15) is 29.4 Å². The molecule has 1 heterocycles. The van der Waals surface area contributed by atoms with Crippen molar-refractivity contribution in [3.05, 3.63) is 17.5 Å². The van der Waals surface area contributed by atoms with E-state index < -0.39 is 0 Å². The van der Waals surface area contributed by atoms with Crippen LogP contribution in [0.5, 0.6) is 0 Å². The van der Waals surface area contributed by atoms with E-state index >= 15 is 0 Å². The molecule has 1 amide bonds. The minimum atomic E-state index is -0.251. The molecular weight excluding hydrogens is 350 g/mol. The molecule has 0 aliphatic heterocycles. The molecular formula is C11H17Br2N3O. The molecule has 0 fully saturated rings. The maximum Gasteiger partial charge on any atom is 0.255 e. The second kappa shape index (κ2) is 6.00. The molecule has 4 nitrogen and oxygen atoms in total. The number of hydrogen-bond acceptors (Lipinski definition) is 2. The zero-order chi connectivity index (χ0) is 13.1. The van der Waals surface area contributed by atoms with E-state index in [0.29, 0.717) is 16.2 Å². The summed E-state index contributed by atoms with van der Waals surface area (Å²) in [5.41, 5.74) is 1.25. The van der Waals surface area contributed by atoms with Crippen LogP contribution in [0.2, 0.25) is 0 Å². The van der Waals surface area contributed by atoms with Gasteiger partial charge in [0.25, 0.3) is 5.91 Å². The van der Waals surface area contributed by atoms with Crippen LogP contribution in [-0.4, -0.2) is 31.9 Å². The van der Waals surface area contributed by atoms with Crippen LogP contribution in [0.4, 0.5) is 0 Å². The Morgan fingerprint density at radius 2 is 2.12 bits per heavy atom. The molecule has 0 aromatic carbocycles. The van der Waals surface area contributed by atoms with Crippen molar-refractivity contribution < 1.29 is 4.79 Å². The number of carbonyl (C=O) groups is 1. The Balaban J connectivity index is 2.88. The van der Waals surface area contributed by atoms with E-state index in [1.165, 1.54) is 0 Å². The van der Waals surface area contributed by atoms with Gasteiger partial charge in [-0.3, -0.25) is 9.48 Å². The lowest BCUT2D eigenvalue weighted by Gasteiger charge is -2.29. The van der Waals surface area contributed by atoms with Gasteiger partial charge in [-0.25, -0.2) is 0 Å². The average Bonchev–Trinajstić information content (AvgIpc) is 2.67. The van der Waals surface area contributed by atoms with Gasteiger partial charge in [0.15, 0.2) is 0 Å². The molecule has 17 heavy (non-hydrogen) atoms. The van der Waals surface area contributed by atoms with Gasteiger partial charge in [-0.1, -0.05) is 38.8 Å². The van der Waals surface area contributed by atoms with Gasteiger partial charge >= 0.3 is 0 Å². The molecule has 0 saturated carbocycles. The minimum Gasteiger partial charge on any atom is -0.345 e. The molecule has 0 aliphatic rings. The molecule has 1 aromatic heterocycles. The quantitative estimate of drug-likeness (QED) is 0.813. The molecule has 0 radical (unpaired) electrons. The van der Waals surface area contributed by atoms with Crippen molar-refractivity contribution in [3.63, 3.8) is 0 Å². The minimum absolute atomic E-state index is 0.0728. The summed E-state index contributed by atoms with van der Waals surface area (Å²) in [6.45, 7) is 3.94. The summed E-state index contributed by atoms with van der Waals surface area (Å²) in [6, 6.07) is 0. The number of aromatic nitrogens is 2. The van der Waals surface area contributed by atoms with Crippen molar-refractivity contribution in [2.24, 2.45) is 7.05 Å². The van der Waals surface area contributed by atoms with E-state index in [9.17, 15) is 4.79 Å². The summed E-state index contributed by atoms with van der Waals surface area (Å²) >= 11 is 6.91. The van der Waals surface area contributed by atoms with Crippen LogP contribution < -0.4 is 5.32 Å². The summed E-state index contributed by atoms with van der Waals surface area (Å²) in [6.07, 6.45) is 2.46. The molecule has 0 unspecified atom stereocenters. The third-order valence-corrected chi connectivity index (χ3v) is 5.19. The number of nitrogens with zero attached hydrogens (tertiary/aromatic N) is 2. The van der Waals surface area contributed by atoms with Gasteiger partial charge in [0.1, 0.15) is 0 Å². The molecule has 0 saturated heterocycles. The summed E-state index contributed by atoms with van der Waals surface area (Å²) in [5, 5.41) is 8.57. The van der Waals surface area contributed by atoms with Crippen LogP contribution in [0.25, 0.3) is 0 Å². The van der Waals surface area contributed by atoms with Crippen LogP contribution in [-0.2, 0) is 7.05 Å². The first-order valence-corrected chi connectivity index (χ1v) is 7.67. The van der Waals surface area contributed by atoms with Crippen LogP contribution in [0.15, 0.2) is 6.20 Å². The fourth-order valence-electron chi connectivity index (χ4n) is 1.41. The SMILES string of the molecule is CCC(CBr)(CBr)NC(=O)c1cnn(C)c1C. The summed E-state index contributed by atoms with van der Waals surface area (Å²) in [7, 11) is 1.83.